The molecule has 0 amide bonds. The van der Waals surface area contributed by atoms with Crippen molar-refractivity contribution in [2.24, 2.45) is 0 Å². The number of nitrogens with one attached hydrogen (secondary N) is 1. The number of hydrogen-bond acceptors (Lipinski definition) is 3. The molecule has 5 nitrogen and oxygen atoms in total. The maximum atomic E-state index is 5.79. The molecule has 0 spiro atoms. The predicted molar refractivity (Wildman–Crippen MR) is 56.1 cm³/mol. The minimum atomic E-state index is 0.306. The van der Waals surface area contributed by atoms with Crippen LogP contribution in [0.15, 0.2) is 0 Å². The van der Waals surface area contributed by atoms with Crippen molar-refractivity contribution in [3.05, 3.63) is 5.69 Å². The van der Waals surface area contributed by atoms with Crippen molar-refractivity contribution in [2.75, 3.05) is 5.73 Å². The zero-order valence-electron chi connectivity index (χ0n) is 8.70. The fraction of sp³-hybridized carbons (Fsp3) is 0.556. The number of nitrogen functional groups attached to an aromatic ring is 1. The average molecular weight is 193 g/mol. The Morgan fingerprint density at radius 1 is 1.50 bits per heavy atom. The van der Waals surface area contributed by atoms with Crippen molar-refractivity contribution in [3.8, 4) is 0 Å². The molecule has 5 heteroatoms. The van der Waals surface area contributed by atoms with Gasteiger partial charge in [0.2, 0.25) is 0 Å². The Hall–Kier alpha value is -1.52. The first-order valence-corrected chi connectivity index (χ1v) is 4.86. The van der Waals surface area contributed by atoms with E-state index in [1.807, 2.05) is 4.68 Å². The summed E-state index contributed by atoms with van der Waals surface area (Å²) < 4.78 is 1.90. The van der Waals surface area contributed by atoms with Crippen LogP contribution >= 0.6 is 0 Å². The minimum absolute atomic E-state index is 0.306. The molecule has 0 aliphatic heterocycles. The largest absolute Gasteiger partial charge is 0.383 e. The first-order chi connectivity index (χ1) is 6.65. The molecule has 0 atom stereocenters. The lowest BCUT2D eigenvalue weighted by Crippen LogP contribution is -2.03. The Bertz CT molecular complexity index is 451. The number of rotatable bonds is 2. The topological polar surface area (TPSA) is 72.5 Å². The molecule has 2 heterocycles. The normalized spacial score (nSPS) is 11.7. The van der Waals surface area contributed by atoms with E-state index in [0.717, 1.165) is 23.1 Å². The molecule has 0 saturated heterocycles. The van der Waals surface area contributed by atoms with Crippen LogP contribution in [0.4, 0.5) is 5.82 Å². The molecule has 76 valence electrons. The number of nitrogens with zero attached hydrogens (tertiary/aromatic N) is 3. The zero-order chi connectivity index (χ0) is 10.3. The second-order valence-corrected chi connectivity index (χ2v) is 3.67. The van der Waals surface area contributed by atoms with Gasteiger partial charge in [-0.2, -0.15) is 10.2 Å². The quantitative estimate of drug-likeness (QED) is 0.758. The number of fused-ring (bicyclic) bond motifs is 1. The number of aromatic nitrogens is 4. The molecular formula is C9H15N5. The molecule has 0 unspecified atom stereocenters. The number of aryl methyl sites for hydroxylation is 1. The van der Waals surface area contributed by atoms with Gasteiger partial charge in [-0.05, 0) is 20.3 Å². The lowest BCUT2D eigenvalue weighted by molar-refractivity contribution is 0.539. The third-order valence-corrected chi connectivity index (χ3v) is 2.33. The molecule has 14 heavy (non-hydrogen) atoms. The van der Waals surface area contributed by atoms with Gasteiger partial charge in [-0.15, -0.1) is 0 Å². The summed E-state index contributed by atoms with van der Waals surface area (Å²) in [7, 11) is 0. The summed E-state index contributed by atoms with van der Waals surface area (Å²) in [6, 6.07) is 0.306. The molecule has 0 radical (unpaired) electrons. The standard InChI is InChI=1S/C9H15N5/c1-4-6-7-8(10)11-12-9(7)14(13-6)5(2)3/h5H,4H2,1-3H3,(H3,10,11,12). The summed E-state index contributed by atoms with van der Waals surface area (Å²) in [5.74, 6) is 0.615. The number of hydrogen-bond donors (Lipinski definition) is 2. The highest BCUT2D eigenvalue weighted by molar-refractivity contribution is 5.88. The Morgan fingerprint density at radius 3 is 2.79 bits per heavy atom. The van der Waals surface area contributed by atoms with E-state index in [9.17, 15) is 0 Å². The summed E-state index contributed by atoms with van der Waals surface area (Å²) in [6.45, 7) is 6.23. The van der Waals surface area contributed by atoms with E-state index in [2.05, 4.69) is 36.1 Å². The van der Waals surface area contributed by atoms with Crippen molar-refractivity contribution in [3.63, 3.8) is 0 Å². The van der Waals surface area contributed by atoms with E-state index in [1.54, 1.807) is 0 Å². The third-order valence-electron chi connectivity index (χ3n) is 2.33. The molecule has 0 aromatic carbocycles. The van der Waals surface area contributed by atoms with Crippen molar-refractivity contribution in [1.82, 2.24) is 20.0 Å². The van der Waals surface area contributed by atoms with Crippen LogP contribution in [0.5, 0.6) is 0 Å². The van der Waals surface area contributed by atoms with E-state index in [1.165, 1.54) is 0 Å². The molecule has 0 saturated carbocycles. The average Bonchev–Trinajstić information content (AvgIpc) is 2.66. The molecule has 2 rings (SSSR count). The van der Waals surface area contributed by atoms with Crippen molar-refractivity contribution < 1.29 is 0 Å². The first kappa shape index (κ1) is 9.05. The Balaban J connectivity index is 2.75. The second-order valence-electron chi connectivity index (χ2n) is 3.67. The Labute approximate surface area is 82.3 Å². The van der Waals surface area contributed by atoms with Crippen LogP contribution in [0.2, 0.25) is 0 Å². The van der Waals surface area contributed by atoms with Gasteiger partial charge in [0.1, 0.15) is 5.82 Å². The lowest BCUT2D eigenvalue weighted by Gasteiger charge is -2.03. The first-order valence-electron chi connectivity index (χ1n) is 4.86. The maximum absolute atomic E-state index is 5.79. The fourth-order valence-corrected chi connectivity index (χ4v) is 1.63. The van der Waals surface area contributed by atoms with Crippen LogP contribution in [0.3, 0.4) is 0 Å². The van der Waals surface area contributed by atoms with Crippen LogP contribution in [0, 0.1) is 0 Å². The van der Waals surface area contributed by atoms with Gasteiger partial charge in [0.25, 0.3) is 0 Å². The zero-order valence-corrected chi connectivity index (χ0v) is 8.70. The third kappa shape index (κ3) is 1.08. The number of anilines is 1. The smallest absolute Gasteiger partial charge is 0.182 e. The summed E-state index contributed by atoms with van der Waals surface area (Å²) >= 11 is 0. The second kappa shape index (κ2) is 3.01. The molecule has 0 fully saturated rings. The summed E-state index contributed by atoms with van der Waals surface area (Å²) in [6.07, 6.45) is 0.875. The summed E-state index contributed by atoms with van der Waals surface area (Å²) in [4.78, 5) is 0. The minimum Gasteiger partial charge on any atom is -0.383 e. The van der Waals surface area contributed by atoms with Crippen LogP contribution in [-0.4, -0.2) is 20.0 Å². The van der Waals surface area contributed by atoms with Gasteiger partial charge in [-0.1, -0.05) is 6.92 Å². The summed E-state index contributed by atoms with van der Waals surface area (Å²) in [5.41, 5.74) is 7.66. The highest BCUT2D eigenvalue weighted by Crippen LogP contribution is 2.24. The number of nitrogens with two attached hydrogens (primary N) is 1. The van der Waals surface area contributed by atoms with Gasteiger partial charge in [0.05, 0.1) is 11.1 Å². The van der Waals surface area contributed by atoms with E-state index < -0.39 is 0 Å². The van der Waals surface area contributed by atoms with E-state index in [0.29, 0.717) is 11.9 Å². The van der Waals surface area contributed by atoms with Crippen LogP contribution in [-0.2, 0) is 6.42 Å². The Morgan fingerprint density at radius 2 is 2.21 bits per heavy atom. The highest BCUT2D eigenvalue weighted by Gasteiger charge is 2.16. The molecule has 2 aromatic heterocycles. The predicted octanol–water partition coefficient (Wildman–Crippen LogP) is 1.48. The number of aromatic amines is 1. The van der Waals surface area contributed by atoms with Gasteiger partial charge >= 0.3 is 0 Å². The number of H-pyrrole nitrogens is 1. The Kier molecular flexibility index (Phi) is 1.94. The van der Waals surface area contributed by atoms with Gasteiger partial charge in [0.15, 0.2) is 5.65 Å². The van der Waals surface area contributed by atoms with Crippen LogP contribution < -0.4 is 5.73 Å². The van der Waals surface area contributed by atoms with Gasteiger partial charge < -0.3 is 5.73 Å². The SMILES string of the molecule is CCc1nn(C(C)C)c2n[nH]c(N)c12. The van der Waals surface area contributed by atoms with Crippen LogP contribution in [0.1, 0.15) is 32.5 Å². The molecule has 0 bridgehead atoms. The van der Waals surface area contributed by atoms with Gasteiger partial charge in [0, 0.05) is 6.04 Å². The van der Waals surface area contributed by atoms with E-state index in [-0.39, 0.29) is 0 Å². The highest BCUT2D eigenvalue weighted by atomic mass is 15.4. The van der Waals surface area contributed by atoms with Crippen LogP contribution in [0.25, 0.3) is 11.0 Å². The van der Waals surface area contributed by atoms with E-state index >= 15 is 0 Å². The summed E-state index contributed by atoms with van der Waals surface area (Å²) in [5, 5.41) is 12.4. The lowest BCUT2D eigenvalue weighted by atomic mass is 10.2. The van der Waals surface area contributed by atoms with Gasteiger partial charge in [-0.25, -0.2) is 4.68 Å². The maximum Gasteiger partial charge on any atom is 0.182 e. The molecule has 0 aliphatic rings. The molecule has 3 N–H and O–H groups in total. The molecule has 2 aromatic rings. The van der Waals surface area contributed by atoms with Crippen molar-refractivity contribution in [2.45, 2.75) is 33.2 Å². The fourth-order valence-electron chi connectivity index (χ4n) is 1.63. The molecular weight excluding hydrogens is 178 g/mol. The van der Waals surface area contributed by atoms with Crippen molar-refractivity contribution >= 4 is 16.9 Å². The molecule has 0 aliphatic carbocycles. The van der Waals surface area contributed by atoms with E-state index in [4.69, 9.17) is 5.73 Å². The monoisotopic (exact) mass is 193 g/mol. The van der Waals surface area contributed by atoms with Crippen molar-refractivity contribution in [1.29, 1.82) is 0 Å². The van der Waals surface area contributed by atoms with Gasteiger partial charge in [-0.3, -0.25) is 5.10 Å².